The van der Waals surface area contributed by atoms with Crippen molar-refractivity contribution in [3.8, 4) is 11.8 Å². The molecule has 5 heteroatoms. The Morgan fingerprint density at radius 2 is 1.86 bits per heavy atom. The van der Waals surface area contributed by atoms with Crippen LogP contribution < -0.4 is 4.74 Å². The summed E-state index contributed by atoms with van der Waals surface area (Å²) in [6, 6.07) is 17.8. The molecule has 2 aromatic rings. The summed E-state index contributed by atoms with van der Waals surface area (Å²) in [5.74, 6) is 0.849. The van der Waals surface area contributed by atoms with Gasteiger partial charge in [0.05, 0.1) is 11.6 Å². The van der Waals surface area contributed by atoms with Crippen LogP contribution in [0.5, 0.6) is 5.75 Å². The predicted octanol–water partition coefficient (Wildman–Crippen LogP) is 3.23. The van der Waals surface area contributed by atoms with Crippen LogP contribution in [-0.4, -0.2) is 48.5 Å². The number of ether oxygens (including phenoxy) is 1. The Balaban J connectivity index is 1.50. The summed E-state index contributed by atoms with van der Waals surface area (Å²) in [6.45, 7) is 6.30. The molecule has 0 aliphatic carbocycles. The lowest BCUT2D eigenvalue weighted by Gasteiger charge is -2.22. The molecule has 0 atom stereocenters. The van der Waals surface area contributed by atoms with Crippen LogP contribution >= 0.6 is 0 Å². The Labute approximate surface area is 167 Å². The molecule has 0 aromatic heterocycles. The van der Waals surface area contributed by atoms with E-state index in [4.69, 9.17) is 10.00 Å². The minimum atomic E-state index is 0.0473. The minimum Gasteiger partial charge on any atom is -0.483 e. The third-order valence-electron chi connectivity index (χ3n) is 5.14. The number of amides is 1. The molecule has 0 spiro atoms. The highest BCUT2D eigenvalue weighted by Crippen LogP contribution is 2.18. The van der Waals surface area contributed by atoms with Crippen LogP contribution in [0.1, 0.15) is 30.0 Å². The van der Waals surface area contributed by atoms with E-state index in [2.05, 4.69) is 17.9 Å². The normalized spacial score (nSPS) is 14.9. The van der Waals surface area contributed by atoms with Gasteiger partial charge in [0.2, 0.25) is 0 Å². The van der Waals surface area contributed by atoms with E-state index in [9.17, 15) is 4.79 Å². The number of aryl methyl sites for hydroxylation is 1. The minimum absolute atomic E-state index is 0.0473. The fourth-order valence-electron chi connectivity index (χ4n) is 3.49. The molecule has 2 aromatic carbocycles. The van der Waals surface area contributed by atoms with Crippen molar-refractivity contribution in [3.63, 3.8) is 0 Å². The van der Waals surface area contributed by atoms with Gasteiger partial charge in [-0.05, 0) is 42.2 Å². The van der Waals surface area contributed by atoms with Gasteiger partial charge in [-0.3, -0.25) is 9.69 Å². The molecule has 1 heterocycles. The summed E-state index contributed by atoms with van der Waals surface area (Å²) < 4.78 is 5.80. The fraction of sp³-hybridized carbons (Fsp3) is 0.391. The van der Waals surface area contributed by atoms with E-state index in [1.54, 1.807) is 0 Å². The van der Waals surface area contributed by atoms with Gasteiger partial charge in [0, 0.05) is 32.7 Å². The molecule has 5 nitrogen and oxygen atoms in total. The first kappa shape index (κ1) is 19.9. The van der Waals surface area contributed by atoms with Gasteiger partial charge in [0.25, 0.3) is 5.91 Å². The van der Waals surface area contributed by atoms with E-state index in [1.165, 1.54) is 5.56 Å². The van der Waals surface area contributed by atoms with Gasteiger partial charge in [-0.2, -0.15) is 5.26 Å². The molecular weight excluding hydrogens is 350 g/mol. The maximum absolute atomic E-state index is 12.6. The standard InChI is InChI=1S/C23H27N3O2/c1-2-21-6-3-4-7-22(21)28-18-23(27)26-13-5-12-25(14-15-26)17-20-10-8-19(16-24)9-11-20/h3-4,6-11H,2,5,12-15,17-18H2,1H3. The van der Waals surface area contributed by atoms with Crippen molar-refractivity contribution < 1.29 is 9.53 Å². The van der Waals surface area contributed by atoms with Crippen LogP contribution in [0.4, 0.5) is 0 Å². The summed E-state index contributed by atoms with van der Waals surface area (Å²) in [5, 5.41) is 8.91. The molecule has 146 valence electrons. The second kappa shape index (κ2) is 9.91. The molecule has 1 saturated heterocycles. The lowest BCUT2D eigenvalue weighted by Crippen LogP contribution is -2.38. The Kier molecular flexibility index (Phi) is 7.05. The Morgan fingerprint density at radius 1 is 1.07 bits per heavy atom. The van der Waals surface area contributed by atoms with Crippen molar-refractivity contribution >= 4 is 5.91 Å². The van der Waals surface area contributed by atoms with Crippen LogP contribution in [0, 0.1) is 11.3 Å². The lowest BCUT2D eigenvalue weighted by atomic mass is 10.1. The average Bonchev–Trinajstić information content (AvgIpc) is 2.98. The molecule has 0 unspecified atom stereocenters. The Bertz CT molecular complexity index is 826. The smallest absolute Gasteiger partial charge is 0.260 e. The second-order valence-corrected chi connectivity index (χ2v) is 7.07. The van der Waals surface area contributed by atoms with Crippen LogP contribution in [-0.2, 0) is 17.8 Å². The van der Waals surface area contributed by atoms with Crippen LogP contribution in [0.15, 0.2) is 48.5 Å². The number of rotatable bonds is 6. The molecule has 3 rings (SSSR count). The van der Waals surface area contributed by atoms with Crippen molar-refractivity contribution in [2.24, 2.45) is 0 Å². The molecular formula is C23H27N3O2. The van der Waals surface area contributed by atoms with E-state index in [1.807, 2.05) is 53.4 Å². The fourth-order valence-corrected chi connectivity index (χ4v) is 3.49. The lowest BCUT2D eigenvalue weighted by molar-refractivity contribution is -0.133. The maximum atomic E-state index is 12.6. The van der Waals surface area contributed by atoms with Crippen molar-refractivity contribution in [1.82, 2.24) is 9.80 Å². The zero-order valence-electron chi connectivity index (χ0n) is 16.4. The van der Waals surface area contributed by atoms with Crippen molar-refractivity contribution in [2.45, 2.75) is 26.3 Å². The number of carbonyl (C=O) groups excluding carboxylic acids is 1. The summed E-state index contributed by atoms with van der Waals surface area (Å²) >= 11 is 0. The SMILES string of the molecule is CCc1ccccc1OCC(=O)N1CCCN(Cc2ccc(C#N)cc2)CC1. The predicted molar refractivity (Wildman–Crippen MR) is 109 cm³/mol. The number of nitriles is 1. The molecule has 1 aliphatic heterocycles. The zero-order chi connectivity index (χ0) is 19.8. The first-order valence-corrected chi connectivity index (χ1v) is 9.89. The second-order valence-electron chi connectivity index (χ2n) is 7.07. The van der Waals surface area contributed by atoms with Crippen molar-refractivity contribution in [2.75, 3.05) is 32.8 Å². The third-order valence-corrected chi connectivity index (χ3v) is 5.14. The molecule has 28 heavy (non-hydrogen) atoms. The molecule has 1 amide bonds. The number of nitrogens with zero attached hydrogens (tertiary/aromatic N) is 3. The molecule has 1 aliphatic rings. The zero-order valence-corrected chi connectivity index (χ0v) is 16.4. The van der Waals surface area contributed by atoms with Gasteiger partial charge in [-0.25, -0.2) is 0 Å². The van der Waals surface area contributed by atoms with Crippen LogP contribution in [0.3, 0.4) is 0 Å². The number of hydrogen-bond acceptors (Lipinski definition) is 4. The number of hydrogen-bond donors (Lipinski definition) is 0. The first-order valence-electron chi connectivity index (χ1n) is 9.89. The van der Waals surface area contributed by atoms with Gasteiger partial charge in [-0.1, -0.05) is 37.3 Å². The highest BCUT2D eigenvalue weighted by Gasteiger charge is 2.20. The van der Waals surface area contributed by atoms with E-state index >= 15 is 0 Å². The van der Waals surface area contributed by atoms with Gasteiger partial charge in [0.15, 0.2) is 6.61 Å². The summed E-state index contributed by atoms with van der Waals surface area (Å²) in [5.41, 5.74) is 3.00. The number of para-hydroxylation sites is 1. The molecule has 0 N–H and O–H groups in total. The molecule has 1 fully saturated rings. The van der Waals surface area contributed by atoms with E-state index < -0.39 is 0 Å². The molecule has 0 saturated carbocycles. The monoisotopic (exact) mass is 377 g/mol. The number of benzene rings is 2. The average molecular weight is 377 g/mol. The summed E-state index contributed by atoms with van der Waals surface area (Å²) in [4.78, 5) is 16.9. The van der Waals surface area contributed by atoms with Crippen molar-refractivity contribution in [3.05, 3.63) is 65.2 Å². The Hall–Kier alpha value is -2.84. The van der Waals surface area contributed by atoms with E-state index in [0.717, 1.165) is 50.3 Å². The van der Waals surface area contributed by atoms with Gasteiger partial charge < -0.3 is 9.64 Å². The largest absolute Gasteiger partial charge is 0.483 e. The highest BCUT2D eigenvalue weighted by atomic mass is 16.5. The van der Waals surface area contributed by atoms with E-state index in [0.29, 0.717) is 12.1 Å². The maximum Gasteiger partial charge on any atom is 0.260 e. The van der Waals surface area contributed by atoms with Gasteiger partial charge in [0.1, 0.15) is 5.75 Å². The van der Waals surface area contributed by atoms with E-state index in [-0.39, 0.29) is 12.5 Å². The van der Waals surface area contributed by atoms with Crippen LogP contribution in [0.2, 0.25) is 0 Å². The number of carbonyl (C=O) groups is 1. The third kappa shape index (κ3) is 5.34. The van der Waals surface area contributed by atoms with Gasteiger partial charge in [-0.15, -0.1) is 0 Å². The molecule has 0 radical (unpaired) electrons. The van der Waals surface area contributed by atoms with Crippen molar-refractivity contribution in [1.29, 1.82) is 5.26 Å². The van der Waals surface area contributed by atoms with Crippen LogP contribution in [0.25, 0.3) is 0 Å². The van der Waals surface area contributed by atoms with Gasteiger partial charge >= 0.3 is 0 Å². The summed E-state index contributed by atoms with van der Waals surface area (Å²) in [6.07, 6.45) is 1.84. The first-order chi connectivity index (χ1) is 13.7. The highest BCUT2D eigenvalue weighted by molar-refractivity contribution is 5.77. The molecule has 0 bridgehead atoms. The quantitative estimate of drug-likeness (QED) is 0.776. The Morgan fingerprint density at radius 3 is 2.61 bits per heavy atom. The topological polar surface area (TPSA) is 56.6 Å². The summed E-state index contributed by atoms with van der Waals surface area (Å²) in [7, 11) is 0.